The first-order chi connectivity index (χ1) is 19.7. The molecule has 2 N–H and O–H groups in total. The third kappa shape index (κ3) is 8.77. The number of epoxide rings is 1. The molecule has 4 atom stereocenters. The number of fused-ring (bicyclic) bond motifs is 14. The van der Waals surface area contributed by atoms with Crippen LogP contribution in [0.25, 0.3) is 0 Å². The first kappa shape index (κ1) is 31.0. The van der Waals surface area contributed by atoms with Crippen molar-refractivity contribution < 1.29 is 28.7 Å². The fourth-order valence-corrected chi connectivity index (χ4v) is 5.79. The zero-order valence-corrected chi connectivity index (χ0v) is 24.9. The van der Waals surface area contributed by atoms with E-state index in [0.717, 1.165) is 56.3 Å². The van der Waals surface area contributed by atoms with Crippen LogP contribution in [0.15, 0.2) is 24.3 Å². The lowest BCUT2D eigenvalue weighted by Gasteiger charge is -2.28. The largest absolute Gasteiger partial charge is 0.494 e. The minimum Gasteiger partial charge on any atom is -0.494 e. The number of hydrogen-bond donors (Lipinski definition) is 2. The predicted octanol–water partition coefficient (Wildman–Crippen LogP) is 3.72. The van der Waals surface area contributed by atoms with Crippen LogP contribution in [-0.2, 0) is 30.3 Å². The molecule has 2 bridgehead atoms. The second-order valence-corrected chi connectivity index (χ2v) is 12.4. The number of carbonyl (C=O) groups excluding carboxylic acids is 4. The Morgan fingerprint density at radius 1 is 1.05 bits per heavy atom. The van der Waals surface area contributed by atoms with Gasteiger partial charge in [0.2, 0.25) is 17.7 Å². The Balaban J connectivity index is 1.54. The van der Waals surface area contributed by atoms with Crippen molar-refractivity contribution >= 4 is 23.5 Å². The normalized spacial score (nSPS) is 27.0. The van der Waals surface area contributed by atoms with Gasteiger partial charge in [-0.2, -0.15) is 0 Å². The van der Waals surface area contributed by atoms with Gasteiger partial charge >= 0.3 is 0 Å². The Labute approximate surface area is 244 Å². The zero-order valence-electron chi connectivity index (χ0n) is 24.9. The van der Waals surface area contributed by atoms with E-state index < -0.39 is 29.6 Å². The van der Waals surface area contributed by atoms with Gasteiger partial charge in [-0.05, 0) is 62.6 Å². The molecule has 0 aliphatic carbocycles. The van der Waals surface area contributed by atoms with Crippen molar-refractivity contribution in [1.82, 2.24) is 15.5 Å². The molecule has 0 aromatic heterocycles. The van der Waals surface area contributed by atoms with Crippen LogP contribution in [0.3, 0.4) is 0 Å². The van der Waals surface area contributed by atoms with Crippen molar-refractivity contribution in [2.75, 3.05) is 19.8 Å². The molecule has 0 saturated carbocycles. The van der Waals surface area contributed by atoms with E-state index in [2.05, 4.69) is 10.6 Å². The zero-order chi connectivity index (χ0) is 29.4. The van der Waals surface area contributed by atoms with Crippen LogP contribution in [0, 0.1) is 5.92 Å². The maximum atomic E-state index is 13.7. The highest BCUT2D eigenvalue weighted by molar-refractivity contribution is 5.98. The Hall–Kier alpha value is -2.94. The molecule has 3 amide bonds. The van der Waals surface area contributed by atoms with Gasteiger partial charge < -0.3 is 25.0 Å². The molecule has 226 valence electrons. The van der Waals surface area contributed by atoms with Crippen LogP contribution in [0.4, 0.5) is 0 Å². The van der Waals surface area contributed by atoms with Gasteiger partial charge in [-0.15, -0.1) is 0 Å². The molecule has 0 unspecified atom stereocenters. The Morgan fingerprint density at radius 2 is 1.73 bits per heavy atom. The number of amides is 3. The maximum Gasteiger partial charge on any atom is 0.243 e. The molecule has 9 nitrogen and oxygen atoms in total. The molecule has 2 fully saturated rings. The summed E-state index contributed by atoms with van der Waals surface area (Å²) in [6.07, 6.45) is 8.53. The minimum atomic E-state index is -0.909. The van der Waals surface area contributed by atoms with Crippen molar-refractivity contribution in [1.29, 1.82) is 0 Å². The van der Waals surface area contributed by atoms with Gasteiger partial charge in [-0.3, -0.25) is 19.2 Å². The van der Waals surface area contributed by atoms with E-state index in [0.29, 0.717) is 39.0 Å². The van der Waals surface area contributed by atoms with Crippen LogP contribution >= 0.6 is 0 Å². The molecule has 5 rings (SSSR count). The van der Waals surface area contributed by atoms with Crippen molar-refractivity contribution in [2.45, 2.75) is 115 Å². The van der Waals surface area contributed by atoms with E-state index in [-0.39, 0.29) is 29.9 Å². The summed E-state index contributed by atoms with van der Waals surface area (Å²) in [5.74, 6) is 0.0582. The van der Waals surface area contributed by atoms with Crippen molar-refractivity contribution in [2.24, 2.45) is 5.92 Å². The second kappa shape index (κ2) is 14.3. The highest BCUT2D eigenvalue weighted by Crippen LogP contribution is 2.30. The molecule has 41 heavy (non-hydrogen) atoms. The number of ketones is 1. The van der Waals surface area contributed by atoms with Crippen molar-refractivity contribution in [3.8, 4) is 5.75 Å². The molecule has 4 heterocycles. The number of nitrogens with one attached hydrogen (secondary N) is 2. The van der Waals surface area contributed by atoms with E-state index in [1.165, 1.54) is 0 Å². The number of hydrogen-bond acceptors (Lipinski definition) is 6. The molecule has 9 heteroatoms. The first-order valence-electron chi connectivity index (χ1n) is 15.5. The third-order valence-corrected chi connectivity index (χ3v) is 8.36. The summed E-state index contributed by atoms with van der Waals surface area (Å²) in [5, 5.41) is 5.89. The van der Waals surface area contributed by atoms with Crippen LogP contribution < -0.4 is 15.4 Å². The van der Waals surface area contributed by atoms with Gasteiger partial charge in [0.25, 0.3) is 0 Å². The standard InChI is InChI=1S/C32H47N3O6/c1-22(2)19-25(29(37)32(3)21-41-32)33-30(38)26-20-23-13-15-24(16-14-23)40-18-9-7-5-4-6-8-12-28(36)35-17-10-11-27(35)31(39)34-26/h13-16,22,25-27H,4-12,17-21H2,1-3H3,(H,33,38)(H,34,39)/t25-,26-,27-,32+/m0/s1. The van der Waals surface area contributed by atoms with Gasteiger partial charge in [0.05, 0.1) is 19.3 Å². The van der Waals surface area contributed by atoms with E-state index in [1.807, 2.05) is 38.1 Å². The average Bonchev–Trinajstić information content (AvgIpc) is 3.49. The van der Waals surface area contributed by atoms with Gasteiger partial charge in [0.15, 0.2) is 5.78 Å². The maximum absolute atomic E-state index is 13.7. The van der Waals surface area contributed by atoms with E-state index >= 15 is 0 Å². The minimum absolute atomic E-state index is 0.00214. The summed E-state index contributed by atoms with van der Waals surface area (Å²) in [4.78, 5) is 55.2. The van der Waals surface area contributed by atoms with Gasteiger partial charge in [0.1, 0.15) is 23.4 Å². The van der Waals surface area contributed by atoms with Gasteiger partial charge in [0, 0.05) is 19.4 Å². The molecule has 2 saturated heterocycles. The molecule has 0 spiro atoms. The Kier molecular flexibility index (Phi) is 10.8. The topological polar surface area (TPSA) is 117 Å². The fourth-order valence-electron chi connectivity index (χ4n) is 5.79. The van der Waals surface area contributed by atoms with E-state index in [1.54, 1.807) is 11.8 Å². The molecular weight excluding hydrogens is 522 g/mol. The first-order valence-corrected chi connectivity index (χ1v) is 15.5. The molecule has 1 aromatic carbocycles. The number of nitrogens with zero attached hydrogens (tertiary/aromatic N) is 1. The summed E-state index contributed by atoms with van der Waals surface area (Å²) >= 11 is 0. The summed E-state index contributed by atoms with van der Waals surface area (Å²) in [6, 6.07) is 5.37. The Bertz CT molecular complexity index is 1070. The summed E-state index contributed by atoms with van der Waals surface area (Å²) in [6.45, 7) is 7.28. The fraction of sp³-hybridized carbons (Fsp3) is 0.688. The second-order valence-electron chi connectivity index (χ2n) is 12.4. The number of Topliss-reactive ketones (excluding diaryl/α,β-unsaturated/α-hetero) is 1. The van der Waals surface area contributed by atoms with Crippen molar-refractivity contribution in [3.63, 3.8) is 0 Å². The summed E-state index contributed by atoms with van der Waals surface area (Å²) in [5.41, 5.74) is -0.0112. The summed E-state index contributed by atoms with van der Waals surface area (Å²) < 4.78 is 11.3. The molecule has 4 aliphatic heterocycles. The third-order valence-electron chi connectivity index (χ3n) is 8.36. The average molecular weight is 570 g/mol. The SMILES string of the molecule is CC(C)C[C@H](NC(=O)[C@@H]1Cc2ccc(cc2)OCCCCCCCCC(=O)N2CCC[C@H]2C(=O)N1)C(=O)[C@@]1(C)CO1. The number of carbonyl (C=O) groups is 4. The highest BCUT2D eigenvalue weighted by Gasteiger charge is 2.50. The number of benzene rings is 1. The van der Waals surface area contributed by atoms with Crippen LogP contribution in [-0.4, -0.2) is 71.9 Å². The lowest BCUT2D eigenvalue weighted by atomic mass is 9.93. The monoisotopic (exact) mass is 569 g/mol. The molecule has 0 radical (unpaired) electrons. The highest BCUT2D eigenvalue weighted by atomic mass is 16.6. The summed E-state index contributed by atoms with van der Waals surface area (Å²) in [7, 11) is 0. The number of rotatable bonds is 6. The molecule has 1 aromatic rings. The molecular formula is C32H47N3O6. The lowest BCUT2D eigenvalue weighted by Crippen LogP contribution is -2.57. The van der Waals surface area contributed by atoms with E-state index in [9.17, 15) is 19.2 Å². The van der Waals surface area contributed by atoms with Gasteiger partial charge in [-0.1, -0.05) is 51.7 Å². The van der Waals surface area contributed by atoms with Crippen LogP contribution in [0.1, 0.15) is 90.5 Å². The van der Waals surface area contributed by atoms with Gasteiger partial charge in [-0.25, -0.2) is 0 Å². The van der Waals surface area contributed by atoms with E-state index in [4.69, 9.17) is 9.47 Å². The lowest BCUT2D eigenvalue weighted by molar-refractivity contribution is -0.140. The van der Waals surface area contributed by atoms with Crippen LogP contribution in [0.5, 0.6) is 5.75 Å². The smallest absolute Gasteiger partial charge is 0.243 e. The quantitative estimate of drug-likeness (QED) is 0.505. The number of ether oxygens (including phenoxy) is 2. The molecule has 4 aliphatic rings. The van der Waals surface area contributed by atoms with Crippen molar-refractivity contribution in [3.05, 3.63) is 29.8 Å². The Morgan fingerprint density at radius 3 is 2.41 bits per heavy atom. The van der Waals surface area contributed by atoms with Crippen LogP contribution in [0.2, 0.25) is 0 Å². The predicted molar refractivity (Wildman–Crippen MR) is 155 cm³/mol.